The molecule has 0 rings (SSSR count). The van der Waals surface area contributed by atoms with Crippen molar-refractivity contribution in [2.45, 2.75) is 39.7 Å². The van der Waals surface area contributed by atoms with Crippen LogP contribution in [-0.2, 0) is 8.85 Å². The lowest BCUT2D eigenvalue weighted by Crippen LogP contribution is -2.21. The molecule has 76 valence electrons. The average molecular weight is 200 g/mol. The van der Waals surface area contributed by atoms with Crippen molar-refractivity contribution < 1.29 is 8.85 Å². The fourth-order valence-corrected chi connectivity index (χ4v) is 2.29. The summed E-state index contributed by atoms with van der Waals surface area (Å²) in [5, 5.41) is 0. The van der Waals surface area contributed by atoms with Crippen LogP contribution >= 0.6 is 0 Å². The third kappa shape index (κ3) is 8.04. The van der Waals surface area contributed by atoms with Crippen molar-refractivity contribution >= 4 is 9.28 Å². The molecule has 0 N–H and O–H groups in total. The summed E-state index contributed by atoms with van der Waals surface area (Å²) in [4.78, 5) is 0. The normalized spacial score (nSPS) is 9.85. The van der Waals surface area contributed by atoms with Crippen LogP contribution in [0.15, 0.2) is 0 Å². The van der Waals surface area contributed by atoms with Crippen LogP contribution in [0.1, 0.15) is 33.6 Å². The van der Waals surface area contributed by atoms with Gasteiger partial charge in [0, 0.05) is 25.7 Å². The maximum absolute atomic E-state index is 5.48. The molecule has 0 fully saturated rings. The fourth-order valence-electron chi connectivity index (χ4n) is 0.907. The highest BCUT2D eigenvalue weighted by Gasteiger charge is 2.08. The van der Waals surface area contributed by atoms with Crippen LogP contribution in [0.5, 0.6) is 0 Å². The second-order valence-electron chi connectivity index (χ2n) is 2.65. The third-order valence-corrected chi connectivity index (χ3v) is 3.42. The van der Waals surface area contributed by atoms with E-state index >= 15 is 0 Å². The Morgan fingerprint density at radius 1 is 1.00 bits per heavy atom. The quantitative estimate of drug-likeness (QED) is 0.483. The van der Waals surface area contributed by atoms with Crippen LogP contribution in [0.4, 0.5) is 0 Å². The molecule has 0 amide bonds. The molecule has 0 atom stereocenters. The SMILES string of the molecule is CCCC#CC[SiH](OCC)OCC. The van der Waals surface area contributed by atoms with E-state index in [1.807, 2.05) is 13.8 Å². The summed E-state index contributed by atoms with van der Waals surface area (Å²) >= 11 is 0. The van der Waals surface area contributed by atoms with E-state index in [0.717, 1.165) is 32.1 Å². The largest absolute Gasteiger partial charge is 0.396 e. The van der Waals surface area contributed by atoms with Crippen LogP contribution in [0.25, 0.3) is 0 Å². The van der Waals surface area contributed by atoms with Crippen LogP contribution in [0.2, 0.25) is 6.04 Å². The van der Waals surface area contributed by atoms with Gasteiger partial charge in [-0.15, -0.1) is 11.8 Å². The van der Waals surface area contributed by atoms with Crippen LogP contribution in [0, 0.1) is 11.8 Å². The van der Waals surface area contributed by atoms with E-state index in [0.29, 0.717) is 0 Å². The first-order valence-corrected chi connectivity index (χ1v) is 6.79. The van der Waals surface area contributed by atoms with E-state index in [2.05, 4.69) is 18.8 Å². The first kappa shape index (κ1) is 12.7. The van der Waals surface area contributed by atoms with E-state index < -0.39 is 9.28 Å². The monoisotopic (exact) mass is 200 g/mol. The number of unbranched alkanes of at least 4 members (excludes halogenated alkanes) is 1. The van der Waals surface area contributed by atoms with E-state index in [1.54, 1.807) is 0 Å². The fraction of sp³-hybridized carbons (Fsp3) is 0.800. The molecule has 0 bridgehead atoms. The van der Waals surface area contributed by atoms with E-state index in [9.17, 15) is 0 Å². The smallest absolute Gasteiger partial charge is 0.333 e. The molecule has 13 heavy (non-hydrogen) atoms. The first-order valence-electron chi connectivity index (χ1n) is 5.04. The van der Waals surface area contributed by atoms with Crippen LogP contribution in [0.3, 0.4) is 0 Å². The molecule has 0 aliphatic heterocycles. The summed E-state index contributed by atoms with van der Waals surface area (Å²) in [5.74, 6) is 6.22. The van der Waals surface area contributed by atoms with Gasteiger partial charge in [0.2, 0.25) is 0 Å². The minimum absolute atomic E-state index is 0.742. The summed E-state index contributed by atoms with van der Waals surface area (Å²) < 4.78 is 11.0. The van der Waals surface area contributed by atoms with Gasteiger partial charge in [-0.3, -0.25) is 0 Å². The Labute approximate surface area is 83.5 Å². The molecule has 0 aromatic rings. The molecule has 0 heterocycles. The predicted molar refractivity (Wildman–Crippen MR) is 57.9 cm³/mol. The minimum atomic E-state index is -1.45. The van der Waals surface area contributed by atoms with Gasteiger partial charge in [-0.2, -0.15) is 0 Å². The Hall–Kier alpha value is -0.303. The molecule has 0 aromatic carbocycles. The number of hydrogen-bond donors (Lipinski definition) is 0. The van der Waals surface area contributed by atoms with Crippen molar-refractivity contribution in [3.05, 3.63) is 0 Å². The average Bonchev–Trinajstić information content (AvgIpc) is 2.13. The van der Waals surface area contributed by atoms with Gasteiger partial charge in [-0.25, -0.2) is 0 Å². The van der Waals surface area contributed by atoms with E-state index in [-0.39, 0.29) is 0 Å². The molecule has 0 aromatic heterocycles. The molecule has 3 heteroatoms. The van der Waals surface area contributed by atoms with Gasteiger partial charge in [-0.1, -0.05) is 6.92 Å². The molecule has 0 spiro atoms. The lowest BCUT2D eigenvalue weighted by molar-refractivity contribution is 0.216. The Bertz CT molecular complexity index is 154. The van der Waals surface area contributed by atoms with Crippen molar-refractivity contribution in [2.24, 2.45) is 0 Å². The van der Waals surface area contributed by atoms with Gasteiger partial charge in [0.05, 0.1) is 0 Å². The van der Waals surface area contributed by atoms with Crippen molar-refractivity contribution in [3.8, 4) is 11.8 Å². The Balaban J connectivity index is 3.62. The van der Waals surface area contributed by atoms with Crippen molar-refractivity contribution in [1.29, 1.82) is 0 Å². The molecule has 0 aliphatic carbocycles. The van der Waals surface area contributed by atoms with Crippen molar-refractivity contribution in [1.82, 2.24) is 0 Å². The minimum Gasteiger partial charge on any atom is -0.396 e. The van der Waals surface area contributed by atoms with Gasteiger partial charge >= 0.3 is 9.28 Å². The first-order chi connectivity index (χ1) is 6.35. The molecule has 0 saturated heterocycles. The maximum Gasteiger partial charge on any atom is 0.333 e. The topological polar surface area (TPSA) is 18.5 Å². The molecule has 2 nitrogen and oxygen atoms in total. The molecule has 0 saturated carbocycles. The molecule has 0 radical (unpaired) electrons. The van der Waals surface area contributed by atoms with E-state index in [1.165, 1.54) is 0 Å². The zero-order valence-corrected chi connectivity index (χ0v) is 10.1. The standard InChI is InChI=1S/C10H20O2Si/c1-4-7-8-9-10-13(11-5-2)12-6-3/h13H,4-7,10H2,1-3H3. The van der Waals surface area contributed by atoms with Gasteiger partial charge in [0.1, 0.15) is 0 Å². The third-order valence-electron chi connectivity index (χ3n) is 1.47. The number of rotatable bonds is 6. The second kappa shape index (κ2) is 9.78. The molecule has 0 aliphatic rings. The highest BCUT2D eigenvalue weighted by atomic mass is 28.3. The number of hydrogen-bond acceptors (Lipinski definition) is 2. The maximum atomic E-state index is 5.48. The van der Waals surface area contributed by atoms with Gasteiger partial charge in [-0.05, 0) is 20.3 Å². The lowest BCUT2D eigenvalue weighted by atomic mass is 10.3. The highest BCUT2D eigenvalue weighted by Crippen LogP contribution is 1.96. The van der Waals surface area contributed by atoms with Crippen LogP contribution < -0.4 is 0 Å². The predicted octanol–water partition coefficient (Wildman–Crippen LogP) is 2.08. The molecular formula is C10H20O2Si. The zero-order chi connectivity index (χ0) is 9.94. The second-order valence-corrected chi connectivity index (χ2v) is 4.58. The van der Waals surface area contributed by atoms with Crippen LogP contribution in [-0.4, -0.2) is 22.5 Å². The summed E-state index contributed by atoms with van der Waals surface area (Å²) in [6.07, 6.45) is 2.11. The summed E-state index contributed by atoms with van der Waals surface area (Å²) in [7, 11) is -1.45. The van der Waals surface area contributed by atoms with Gasteiger partial charge in [0.25, 0.3) is 0 Å². The van der Waals surface area contributed by atoms with Crippen molar-refractivity contribution in [3.63, 3.8) is 0 Å². The van der Waals surface area contributed by atoms with Crippen molar-refractivity contribution in [2.75, 3.05) is 13.2 Å². The van der Waals surface area contributed by atoms with Gasteiger partial charge < -0.3 is 8.85 Å². The Morgan fingerprint density at radius 2 is 1.62 bits per heavy atom. The summed E-state index contributed by atoms with van der Waals surface area (Å²) in [6, 6.07) is 0.821. The zero-order valence-electron chi connectivity index (χ0n) is 8.93. The summed E-state index contributed by atoms with van der Waals surface area (Å²) in [5.41, 5.74) is 0. The Morgan fingerprint density at radius 3 is 2.08 bits per heavy atom. The highest BCUT2D eigenvalue weighted by molar-refractivity contribution is 6.45. The lowest BCUT2D eigenvalue weighted by Gasteiger charge is -2.11. The Kier molecular flexibility index (Phi) is 9.55. The molecular weight excluding hydrogens is 180 g/mol. The summed E-state index contributed by atoms with van der Waals surface area (Å²) in [6.45, 7) is 7.62. The van der Waals surface area contributed by atoms with E-state index in [4.69, 9.17) is 8.85 Å². The molecule has 0 unspecified atom stereocenters. The van der Waals surface area contributed by atoms with Gasteiger partial charge in [0.15, 0.2) is 0 Å².